The van der Waals surface area contributed by atoms with E-state index < -0.39 is 0 Å². The van der Waals surface area contributed by atoms with Gasteiger partial charge in [-0.3, -0.25) is 5.10 Å². The number of nitrogens with zero attached hydrogens (tertiary/aromatic N) is 3. The van der Waals surface area contributed by atoms with Crippen LogP contribution in [0, 0.1) is 34.6 Å². The van der Waals surface area contributed by atoms with Crippen molar-refractivity contribution in [1.82, 2.24) is 10.2 Å². The van der Waals surface area contributed by atoms with Crippen molar-refractivity contribution in [1.29, 1.82) is 0 Å². The molecule has 1 N–H and O–H groups in total. The first kappa shape index (κ1) is 12.5. The molecule has 0 spiro atoms. The third kappa shape index (κ3) is 2.32. The predicted molar refractivity (Wildman–Crippen MR) is 72.9 cm³/mol. The van der Waals surface area contributed by atoms with Crippen LogP contribution in [0.4, 0.5) is 11.4 Å². The van der Waals surface area contributed by atoms with Crippen LogP contribution in [0.5, 0.6) is 0 Å². The van der Waals surface area contributed by atoms with Crippen LogP contribution in [0.3, 0.4) is 0 Å². The Morgan fingerprint density at radius 1 is 0.889 bits per heavy atom. The number of benzene rings is 1. The minimum absolute atomic E-state index is 0.828. The molecule has 4 nitrogen and oxygen atoms in total. The summed E-state index contributed by atoms with van der Waals surface area (Å²) >= 11 is 0. The molecular formula is C14H18N4. The van der Waals surface area contributed by atoms with Gasteiger partial charge in [-0.2, -0.15) is 5.10 Å². The van der Waals surface area contributed by atoms with E-state index in [0.29, 0.717) is 0 Å². The summed E-state index contributed by atoms with van der Waals surface area (Å²) < 4.78 is 0. The number of azo groups is 1. The number of aryl methyl sites for hydroxylation is 5. The van der Waals surface area contributed by atoms with Crippen LogP contribution in [-0.2, 0) is 0 Å². The zero-order chi connectivity index (χ0) is 13.3. The third-order valence-corrected chi connectivity index (χ3v) is 2.97. The summed E-state index contributed by atoms with van der Waals surface area (Å²) in [6, 6.07) is 4.24. The standard InChI is InChI=1S/C14H18N4/c1-8-6-9(2)13(10(3)7-8)17-18-14-11(4)15-16-12(14)5/h6-7H,1-5H3,(H,15,16). The van der Waals surface area contributed by atoms with Gasteiger partial charge < -0.3 is 0 Å². The van der Waals surface area contributed by atoms with Gasteiger partial charge in [0.25, 0.3) is 0 Å². The van der Waals surface area contributed by atoms with Crippen molar-refractivity contribution in [2.75, 3.05) is 0 Å². The fraction of sp³-hybridized carbons (Fsp3) is 0.357. The average Bonchev–Trinajstić information content (AvgIpc) is 2.58. The van der Waals surface area contributed by atoms with Crippen molar-refractivity contribution >= 4 is 11.4 Å². The van der Waals surface area contributed by atoms with E-state index in [1.54, 1.807) is 0 Å². The van der Waals surface area contributed by atoms with E-state index >= 15 is 0 Å². The largest absolute Gasteiger partial charge is 0.280 e. The molecule has 0 aliphatic heterocycles. The Labute approximate surface area is 107 Å². The van der Waals surface area contributed by atoms with E-state index in [0.717, 1.165) is 33.9 Å². The van der Waals surface area contributed by atoms with Crippen molar-refractivity contribution in [3.8, 4) is 0 Å². The van der Waals surface area contributed by atoms with Gasteiger partial charge in [0.1, 0.15) is 5.69 Å². The van der Waals surface area contributed by atoms with E-state index in [9.17, 15) is 0 Å². The van der Waals surface area contributed by atoms with Crippen molar-refractivity contribution in [2.45, 2.75) is 34.6 Å². The lowest BCUT2D eigenvalue weighted by molar-refractivity contribution is 1.02. The second-order valence-electron chi connectivity index (χ2n) is 4.73. The quantitative estimate of drug-likeness (QED) is 0.781. The summed E-state index contributed by atoms with van der Waals surface area (Å²) in [5.74, 6) is 0. The summed E-state index contributed by atoms with van der Waals surface area (Å²) in [6.07, 6.45) is 0. The minimum atomic E-state index is 0.828. The molecule has 2 rings (SSSR count). The first-order valence-corrected chi connectivity index (χ1v) is 6.00. The number of rotatable bonds is 2. The van der Waals surface area contributed by atoms with Gasteiger partial charge >= 0.3 is 0 Å². The number of aromatic amines is 1. The average molecular weight is 242 g/mol. The normalized spacial score (nSPS) is 11.4. The van der Waals surface area contributed by atoms with E-state index in [-0.39, 0.29) is 0 Å². The topological polar surface area (TPSA) is 53.4 Å². The van der Waals surface area contributed by atoms with Crippen LogP contribution in [0.1, 0.15) is 28.1 Å². The molecule has 1 heterocycles. The van der Waals surface area contributed by atoms with Crippen molar-refractivity contribution in [3.63, 3.8) is 0 Å². The molecule has 2 aromatic rings. The molecule has 0 saturated carbocycles. The van der Waals surface area contributed by atoms with Crippen molar-refractivity contribution < 1.29 is 0 Å². The molecule has 0 unspecified atom stereocenters. The Hall–Kier alpha value is -1.97. The van der Waals surface area contributed by atoms with E-state index in [2.05, 4.69) is 53.3 Å². The Morgan fingerprint density at radius 3 is 1.94 bits per heavy atom. The number of aromatic nitrogens is 2. The Kier molecular flexibility index (Phi) is 3.28. The molecule has 0 saturated heterocycles. The first-order valence-electron chi connectivity index (χ1n) is 6.00. The number of H-pyrrole nitrogens is 1. The number of hydrogen-bond donors (Lipinski definition) is 1. The molecule has 0 atom stereocenters. The maximum absolute atomic E-state index is 4.38. The molecule has 0 aliphatic rings. The lowest BCUT2D eigenvalue weighted by atomic mass is 10.1. The molecule has 0 radical (unpaired) electrons. The molecule has 1 aromatic heterocycles. The second kappa shape index (κ2) is 4.72. The summed E-state index contributed by atoms with van der Waals surface area (Å²) in [7, 11) is 0. The molecule has 94 valence electrons. The first-order chi connectivity index (χ1) is 8.49. The van der Waals surface area contributed by atoms with Crippen LogP contribution >= 0.6 is 0 Å². The lowest BCUT2D eigenvalue weighted by Gasteiger charge is -2.05. The van der Waals surface area contributed by atoms with Crippen molar-refractivity contribution in [2.24, 2.45) is 10.2 Å². The van der Waals surface area contributed by atoms with E-state index in [4.69, 9.17) is 0 Å². The Bertz CT molecular complexity index is 566. The SMILES string of the molecule is Cc1cc(C)c(N=Nc2c(C)n[nH]c2C)c(C)c1. The lowest BCUT2D eigenvalue weighted by Crippen LogP contribution is -1.82. The number of nitrogens with one attached hydrogen (secondary N) is 1. The van der Waals surface area contributed by atoms with Crippen LogP contribution in [0.15, 0.2) is 22.4 Å². The van der Waals surface area contributed by atoms with Crippen LogP contribution in [0.25, 0.3) is 0 Å². The van der Waals surface area contributed by atoms with Crippen LogP contribution in [-0.4, -0.2) is 10.2 Å². The highest BCUT2D eigenvalue weighted by molar-refractivity contribution is 5.54. The Balaban J connectivity index is 2.41. The highest BCUT2D eigenvalue weighted by Gasteiger charge is 2.06. The smallest absolute Gasteiger partial charge is 0.129 e. The summed E-state index contributed by atoms with van der Waals surface area (Å²) in [5, 5.41) is 15.7. The maximum Gasteiger partial charge on any atom is 0.129 e. The molecule has 4 heteroatoms. The Morgan fingerprint density at radius 2 is 1.44 bits per heavy atom. The molecule has 1 aromatic carbocycles. The maximum atomic E-state index is 4.38. The van der Waals surface area contributed by atoms with E-state index in [1.165, 1.54) is 5.56 Å². The van der Waals surface area contributed by atoms with Crippen molar-refractivity contribution in [3.05, 3.63) is 40.2 Å². The van der Waals surface area contributed by atoms with Crippen LogP contribution in [0.2, 0.25) is 0 Å². The second-order valence-corrected chi connectivity index (χ2v) is 4.73. The zero-order valence-electron chi connectivity index (χ0n) is 11.5. The summed E-state index contributed by atoms with van der Waals surface area (Å²) in [5.41, 5.74) is 7.14. The monoisotopic (exact) mass is 242 g/mol. The highest BCUT2D eigenvalue weighted by Crippen LogP contribution is 2.28. The predicted octanol–water partition coefficient (Wildman–Crippen LogP) is 4.37. The summed E-state index contributed by atoms with van der Waals surface area (Å²) in [6.45, 7) is 10.1. The van der Waals surface area contributed by atoms with Crippen LogP contribution < -0.4 is 0 Å². The fourth-order valence-corrected chi connectivity index (χ4v) is 2.12. The van der Waals surface area contributed by atoms with Gasteiger partial charge in [0.2, 0.25) is 0 Å². The fourth-order valence-electron chi connectivity index (χ4n) is 2.12. The van der Waals surface area contributed by atoms with Gasteiger partial charge in [0.05, 0.1) is 17.1 Å². The van der Waals surface area contributed by atoms with Gasteiger partial charge in [-0.05, 0) is 45.7 Å². The van der Waals surface area contributed by atoms with E-state index in [1.807, 2.05) is 13.8 Å². The molecule has 0 fully saturated rings. The highest BCUT2D eigenvalue weighted by atomic mass is 15.2. The van der Waals surface area contributed by atoms with Gasteiger partial charge in [0, 0.05) is 0 Å². The zero-order valence-corrected chi connectivity index (χ0v) is 11.5. The summed E-state index contributed by atoms with van der Waals surface area (Å²) in [4.78, 5) is 0. The van der Waals surface area contributed by atoms with Gasteiger partial charge in [-0.25, -0.2) is 0 Å². The molecule has 0 aliphatic carbocycles. The van der Waals surface area contributed by atoms with Gasteiger partial charge in [-0.1, -0.05) is 17.7 Å². The number of hydrogen-bond acceptors (Lipinski definition) is 3. The molecule has 18 heavy (non-hydrogen) atoms. The molecular weight excluding hydrogens is 224 g/mol. The van der Waals surface area contributed by atoms with Gasteiger partial charge in [0.15, 0.2) is 0 Å². The third-order valence-electron chi connectivity index (χ3n) is 2.97. The molecule has 0 bridgehead atoms. The minimum Gasteiger partial charge on any atom is -0.280 e. The molecule has 0 amide bonds. The van der Waals surface area contributed by atoms with Gasteiger partial charge in [-0.15, -0.1) is 10.2 Å².